The van der Waals surface area contributed by atoms with E-state index in [0.717, 1.165) is 29.2 Å². The van der Waals surface area contributed by atoms with E-state index in [4.69, 9.17) is 57.2 Å². The number of hydrogen-bond donors (Lipinski definition) is 14. The van der Waals surface area contributed by atoms with Crippen LogP contribution in [0.2, 0.25) is 0 Å². The van der Waals surface area contributed by atoms with Crippen LogP contribution >= 0.6 is 23.5 Å². The normalized spacial score (nSPS) is 18.7. The van der Waals surface area contributed by atoms with Crippen LogP contribution in [0, 0.1) is 0 Å². The molecule has 2 fully saturated rings. The van der Waals surface area contributed by atoms with E-state index in [9.17, 15) is 93.3 Å². The van der Waals surface area contributed by atoms with Gasteiger partial charge >= 0.3 is 65.1 Å². The summed E-state index contributed by atoms with van der Waals surface area (Å²) in [5.41, 5.74) is 4.47. The average molecular weight is 1950 g/mol. The Hall–Kier alpha value is -7.84. The maximum atomic E-state index is 14.0. The quantitative estimate of drug-likeness (QED) is 0.00754. The molecule has 5 aromatic carbocycles. The SMILES string of the molecule is CC(=O)N[C@H]1[C@H]([C@H](O)[C@H](O)CNC(=O)c2ccc(-c3ccccc3)cc2)O[C@]([C-]=O)(OCCCSCCNC(=O)c2ccc(C(=O)CCCSCCCO[C@]3(C(=O)[O-])C[C@H](O)[C@@H](NC(C)=O)[C@H]([C@H](O)[C@H](O)CNC(=O)c4ccc(-c5ccccc5)cc4)O3)c(OCCOCCOCCOCCOCCOCCCC(=O)CCC(=O)NCCOCCNC(=O)CCC(=O)O)c2)C[C@@H]1O.[Na+].[Na+].[OH-]. The molecule has 7 amide bonds. The number of ketones is 2. The molecule has 0 aliphatic carbocycles. The molecule has 0 bridgehead atoms. The number of Topliss-reactive ketones (excluding diaryl/α,β-unsaturated/α-hetero) is 2. The molecule has 12 atom stereocenters. The van der Waals surface area contributed by atoms with Gasteiger partial charge in [0, 0.05) is 127 Å². The Morgan fingerprint density at radius 1 is 0.459 bits per heavy atom. The van der Waals surface area contributed by atoms with Gasteiger partial charge in [0.05, 0.1) is 134 Å². The van der Waals surface area contributed by atoms with E-state index in [1.54, 1.807) is 54.8 Å². The number of nitrogens with one attached hydrogen (secondary N) is 7. The molecule has 2 saturated heterocycles. The molecule has 43 heteroatoms. The number of carbonyl (C=O) groups is 11. The first-order valence-electron chi connectivity index (χ1n) is 43.8. The van der Waals surface area contributed by atoms with Crippen molar-refractivity contribution in [2.45, 2.75) is 163 Å². The van der Waals surface area contributed by atoms with Gasteiger partial charge in [0.2, 0.25) is 29.4 Å². The molecule has 2 heterocycles. The maximum absolute atomic E-state index is 14.0. The first-order chi connectivity index (χ1) is 63.6. The number of thioether (sulfide) groups is 2. The van der Waals surface area contributed by atoms with Crippen LogP contribution in [0.1, 0.15) is 132 Å². The third-order valence-electron chi connectivity index (χ3n) is 20.6. The number of aliphatic hydroxyl groups excluding tert-OH is 6. The summed E-state index contributed by atoms with van der Waals surface area (Å²) in [4.78, 5) is 150. The summed E-state index contributed by atoms with van der Waals surface area (Å²) in [5.74, 6) is -10.0. The largest absolute Gasteiger partial charge is 1.00 e. The van der Waals surface area contributed by atoms with Gasteiger partial charge in [-0.2, -0.15) is 23.5 Å². The predicted octanol–water partition coefficient (Wildman–Crippen LogP) is -4.61. The van der Waals surface area contributed by atoms with Gasteiger partial charge in [-0.25, -0.2) is 6.29 Å². The van der Waals surface area contributed by atoms with Crippen LogP contribution in [-0.4, -0.2) is 340 Å². The van der Waals surface area contributed by atoms with Crippen molar-refractivity contribution in [2.75, 3.05) is 155 Å². The fourth-order valence-electron chi connectivity index (χ4n) is 13.7. The van der Waals surface area contributed by atoms with Crippen LogP contribution in [0.4, 0.5) is 0 Å². The van der Waals surface area contributed by atoms with Crippen molar-refractivity contribution >= 4 is 94.7 Å². The van der Waals surface area contributed by atoms with Gasteiger partial charge in [-0.3, -0.25) is 47.9 Å². The van der Waals surface area contributed by atoms with E-state index < -0.39 is 146 Å². The summed E-state index contributed by atoms with van der Waals surface area (Å²) >= 11 is 2.85. The summed E-state index contributed by atoms with van der Waals surface area (Å²) in [5, 5.41) is 107. The zero-order valence-corrected chi connectivity index (χ0v) is 82.2. The van der Waals surface area contributed by atoms with Gasteiger partial charge in [-0.15, -0.1) is 0 Å². The number of rotatable bonds is 67. The van der Waals surface area contributed by atoms with Gasteiger partial charge in [-0.05, 0) is 108 Å². The van der Waals surface area contributed by atoms with E-state index >= 15 is 0 Å². The number of carboxylic acids is 2. The topological polar surface area (TPSA) is 585 Å². The molecule has 0 unspecified atom stereocenters. The van der Waals surface area contributed by atoms with E-state index in [-0.39, 0.29) is 241 Å². The Morgan fingerprint density at radius 2 is 0.889 bits per heavy atom. The zero-order chi connectivity index (χ0) is 95.5. The molecule has 0 radical (unpaired) electrons. The minimum atomic E-state index is -2.65. The molecule has 7 rings (SSSR count). The fourth-order valence-corrected chi connectivity index (χ4v) is 15.4. The number of carbonyl (C=O) groups excluding carboxylic acids is 11. The van der Waals surface area contributed by atoms with E-state index in [1.807, 2.05) is 60.7 Å². The zero-order valence-electron chi connectivity index (χ0n) is 76.5. The van der Waals surface area contributed by atoms with Crippen molar-refractivity contribution in [3.05, 3.63) is 150 Å². The average Bonchev–Trinajstić information content (AvgIpc) is 0.772. The molecule has 0 spiro atoms. The summed E-state index contributed by atoms with van der Waals surface area (Å²) in [6.45, 7) is 4.44. The number of benzene rings is 5. The number of carboxylic acid groups (broad SMARTS) is 2. The summed E-state index contributed by atoms with van der Waals surface area (Å²) in [6.07, 6.45) is -12.1. The predicted molar refractivity (Wildman–Crippen MR) is 482 cm³/mol. The molecular weight excluding hydrogens is 1830 g/mol. The molecule has 39 nitrogen and oxygen atoms in total. The second kappa shape index (κ2) is 66.7. The Balaban J connectivity index is 0.0000127. The van der Waals surface area contributed by atoms with Crippen LogP contribution in [0.3, 0.4) is 0 Å². The molecule has 0 saturated carbocycles. The van der Waals surface area contributed by atoms with Crippen molar-refractivity contribution in [3.63, 3.8) is 0 Å². The second-order valence-corrected chi connectivity index (χ2v) is 33.3. The minimum absolute atomic E-state index is 0. The molecule has 734 valence electrons. The standard InChI is InChI=1S/C92H124N7O31S2.2Na.H2O/c1-61(101)98-81-73(105)56-91(60-100,129-85(81)83(113)75(107)58-96-87(115)67-23-19-65(20-24-67)63-13-5-3-6-14-63)127-37-11-53-132-54-35-95-89(117)69-27-29-71(77(55-69)126-50-49-125-48-47-124-46-45-123-44-43-122-42-41-120-36-9-17-70(103)28-30-78(109)93-33-39-121-40-34-94-79(110)31-32-80(111)112)72(104)18-10-51-131-52-12-38-128-92(90(118)119)57-74(106)82(99-62(2)102)86(130-92)84(114)76(108)59-97-88(116)68-25-21-66(22-26-68)64-15-7-4-8-16-64;;;/h3-8,13-16,19-27,29,55,73-76,81-86,105-108,113-114H,9-12,17-18,28,30-54,56-59H2,1-2H3,(H,93,109)(H,94,110)(H,95,117)(H,96,115)(H,97,116)(H,98,101)(H,99,102)(H,111,112)(H,118,119);;;1H2/q-1;2*+1;/p-2/t73-,74-,75+,76+,81+,82+,83+,84+,85+,86+,91+,92+;;;/m0.../s1. The summed E-state index contributed by atoms with van der Waals surface area (Å²) in [7, 11) is 0. The van der Waals surface area contributed by atoms with Crippen LogP contribution in [0.15, 0.2) is 127 Å². The minimum Gasteiger partial charge on any atom is -0.870 e. The van der Waals surface area contributed by atoms with E-state index in [0.29, 0.717) is 75.3 Å². The van der Waals surface area contributed by atoms with Gasteiger partial charge < -0.3 is 145 Å². The van der Waals surface area contributed by atoms with Gasteiger partial charge in [0.15, 0.2) is 5.78 Å². The molecular formula is C92H124N7Na2O32S2-. The maximum Gasteiger partial charge on any atom is 1.00 e. The van der Waals surface area contributed by atoms with Crippen LogP contribution in [0.5, 0.6) is 5.75 Å². The van der Waals surface area contributed by atoms with Crippen molar-refractivity contribution < 1.29 is 215 Å². The molecule has 2 aliphatic heterocycles. The molecule has 5 aromatic rings. The number of hydrogen-bond acceptors (Lipinski definition) is 33. The van der Waals surface area contributed by atoms with Gasteiger partial charge in [0.25, 0.3) is 17.7 Å². The van der Waals surface area contributed by atoms with Crippen molar-refractivity contribution in [3.8, 4) is 28.0 Å². The van der Waals surface area contributed by atoms with E-state index in [2.05, 4.69) is 37.2 Å². The first-order valence-corrected chi connectivity index (χ1v) is 46.1. The van der Waals surface area contributed by atoms with Crippen molar-refractivity contribution in [1.29, 1.82) is 0 Å². The Kier molecular flexibility index (Phi) is 59.0. The Bertz CT molecular complexity index is 4400. The molecule has 15 N–H and O–H groups in total. The van der Waals surface area contributed by atoms with Crippen molar-refractivity contribution in [1.82, 2.24) is 37.2 Å². The fraction of sp³-hybridized carbons (Fsp3) is 0.543. The van der Waals surface area contributed by atoms with Gasteiger partial charge in [-0.1, -0.05) is 84.9 Å². The van der Waals surface area contributed by atoms with E-state index in [1.165, 1.54) is 48.6 Å². The number of amides is 7. The van der Waals surface area contributed by atoms with Crippen LogP contribution < -0.4 is 106 Å². The third-order valence-corrected chi connectivity index (χ3v) is 22.8. The second-order valence-electron chi connectivity index (χ2n) is 30.9. The Morgan fingerprint density at radius 3 is 1.38 bits per heavy atom. The smallest absolute Gasteiger partial charge is 0.870 e. The van der Waals surface area contributed by atoms with Crippen molar-refractivity contribution in [2.24, 2.45) is 0 Å². The summed E-state index contributed by atoms with van der Waals surface area (Å²) < 4.78 is 63.0. The third kappa shape index (κ3) is 44.0. The molecule has 0 aromatic heterocycles. The number of aliphatic carboxylic acids is 2. The molecule has 2 aliphatic rings. The van der Waals surface area contributed by atoms with Crippen LogP contribution in [-0.2, 0) is 85.7 Å². The first kappa shape index (κ1) is 119. The van der Waals surface area contributed by atoms with Gasteiger partial charge in [0.1, 0.15) is 48.5 Å². The molecule has 135 heavy (non-hydrogen) atoms. The number of ether oxygens (including phenoxy) is 11. The Labute approximate surface area is 836 Å². The monoisotopic (exact) mass is 1950 g/mol. The number of aliphatic hydroxyl groups is 6. The summed E-state index contributed by atoms with van der Waals surface area (Å²) in [6, 6.07) is 34.0. The van der Waals surface area contributed by atoms with Crippen LogP contribution in [0.25, 0.3) is 22.3 Å².